The van der Waals surface area contributed by atoms with Crippen molar-refractivity contribution < 1.29 is 9.59 Å². The van der Waals surface area contributed by atoms with Crippen LogP contribution in [0.25, 0.3) is 11.0 Å². The van der Waals surface area contributed by atoms with Gasteiger partial charge in [0.25, 0.3) is 5.91 Å². The van der Waals surface area contributed by atoms with Crippen LogP contribution in [-0.4, -0.2) is 45.5 Å². The van der Waals surface area contributed by atoms with Gasteiger partial charge in [-0.15, -0.1) is 11.8 Å². The first-order chi connectivity index (χ1) is 13.6. The van der Waals surface area contributed by atoms with Crippen LogP contribution in [0.3, 0.4) is 0 Å². The number of likely N-dealkylation sites (tertiary alicyclic amines) is 1. The number of nitrogens with zero attached hydrogens (tertiary/aromatic N) is 2. The Hall–Kier alpha value is -2.80. The zero-order valence-corrected chi connectivity index (χ0v) is 16.2. The lowest BCUT2D eigenvalue weighted by Gasteiger charge is -2.32. The van der Waals surface area contributed by atoms with Gasteiger partial charge in [-0.25, -0.2) is 4.98 Å². The van der Waals surface area contributed by atoms with E-state index in [9.17, 15) is 9.59 Å². The molecule has 1 aliphatic rings. The number of thioether (sulfide) groups is 1. The first kappa shape index (κ1) is 18.6. The van der Waals surface area contributed by atoms with Gasteiger partial charge in [0.2, 0.25) is 5.91 Å². The Balaban J connectivity index is 1.53. The number of hydrogen-bond acceptors (Lipinski definition) is 4. The maximum absolute atomic E-state index is 13.2. The molecule has 1 atom stereocenters. The fourth-order valence-corrected chi connectivity index (χ4v) is 4.42. The Labute approximate surface area is 167 Å². The van der Waals surface area contributed by atoms with Crippen LogP contribution in [0.5, 0.6) is 0 Å². The van der Waals surface area contributed by atoms with E-state index in [0.717, 1.165) is 41.1 Å². The number of amides is 2. The number of aromatic amines is 1. The lowest BCUT2D eigenvalue weighted by molar-refractivity contribution is -0.115. The summed E-state index contributed by atoms with van der Waals surface area (Å²) < 4.78 is 0. The summed E-state index contributed by atoms with van der Waals surface area (Å²) in [5, 5.41) is 0. The van der Waals surface area contributed by atoms with Crippen LogP contribution in [0.2, 0.25) is 0 Å². The van der Waals surface area contributed by atoms with Crippen LogP contribution in [-0.2, 0) is 4.79 Å². The van der Waals surface area contributed by atoms with Gasteiger partial charge in [-0.1, -0.05) is 24.3 Å². The summed E-state index contributed by atoms with van der Waals surface area (Å²) in [6.07, 6.45) is 1.94. The van der Waals surface area contributed by atoms with E-state index in [-0.39, 0.29) is 17.6 Å². The minimum Gasteiger partial charge on any atom is -0.369 e. The number of nitrogens with two attached hydrogens (primary N) is 1. The number of imidazole rings is 1. The molecule has 28 heavy (non-hydrogen) atoms. The third-order valence-electron chi connectivity index (χ3n) is 4.99. The Morgan fingerprint density at radius 2 is 1.96 bits per heavy atom. The molecule has 1 aromatic heterocycles. The second kappa shape index (κ2) is 8.06. The van der Waals surface area contributed by atoms with E-state index in [2.05, 4.69) is 4.98 Å². The number of fused-ring (bicyclic) bond motifs is 1. The third kappa shape index (κ3) is 3.89. The van der Waals surface area contributed by atoms with Crippen molar-refractivity contribution in [3.63, 3.8) is 0 Å². The number of nitrogens with one attached hydrogen (secondary N) is 1. The zero-order chi connectivity index (χ0) is 19.5. The van der Waals surface area contributed by atoms with Gasteiger partial charge in [-0.3, -0.25) is 9.59 Å². The van der Waals surface area contributed by atoms with Gasteiger partial charge in [0.05, 0.1) is 22.3 Å². The monoisotopic (exact) mass is 394 g/mol. The van der Waals surface area contributed by atoms with Crippen molar-refractivity contribution in [1.82, 2.24) is 14.9 Å². The minimum atomic E-state index is -0.393. The Bertz CT molecular complexity index is 983. The molecule has 2 amide bonds. The SMILES string of the molecule is NC(=O)CSc1ccccc1C(=O)N1CCCC(c2nc3ccccc3[nH]2)C1. The fraction of sp³-hybridized carbons (Fsp3) is 0.286. The van der Waals surface area contributed by atoms with E-state index < -0.39 is 5.91 Å². The topological polar surface area (TPSA) is 92.1 Å². The number of primary amides is 1. The van der Waals surface area contributed by atoms with Crippen molar-refractivity contribution >= 4 is 34.6 Å². The molecule has 6 nitrogen and oxygen atoms in total. The molecular weight excluding hydrogens is 372 g/mol. The first-order valence-electron chi connectivity index (χ1n) is 9.36. The molecule has 1 unspecified atom stereocenters. The van der Waals surface area contributed by atoms with Gasteiger partial charge >= 0.3 is 0 Å². The van der Waals surface area contributed by atoms with E-state index in [0.29, 0.717) is 12.1 Å². The summed E-state index contributed by atoms with van der Waals surface area (Å²) in [5.41, 5.74) is 7.86. The summed E-state index contributed by atoms with van der Waals surface area (Å²) in [6.45, 7) is 1.36. The van der Waals surface area contributed by atoms with Gasteiger partial charge in [-0.2, -0.15) is 0 Å². The molecule has 1 saturated heterocycles. The van der Waals surface area contributed by atoms with E-state index in [4.69, 9.17) is 10.7 Å². The summed E-state index contributed by atoms with van der Waals surface area (Å²) in [4.78, 5) is 35.1. The van der Waals surface area contributed by atoms with Crippen LogP contribution < -0.4 is 5.73 Å². The molecule has 0 spiro atoms. The van der Waals surface area contributed by atoms with E-state index >= 15 is 0 Å². The highest BCUT2D eigenvalue weighted by molar-refractivity contribution is 8.00. The molecule has 2 aromatic carbocycles. The van der Waals surface area contributed by atoms with Crippen molar-refractivity contribution in [3.8, 4) is 0 Å². The molecule has 7 heteroatoms. The van der Waals surface area contributed by atoms with Crippen molar-refractivity contribution in [1.29, 1.82) is 0 Å². The number of rotatable bonds is 5. The number of carbonyl (C=O) groups is 2. The number of H-pyrrole nitrogens is 1. The number of piperidine rings is 1. The third-order valence-corrected chi connectivity index (χ3v) is 6.09. The van der Waals surface area contributed by atoms with Crippen LogP contribution in [0, 0.1) is 0 Å². The first-order valence-corrected chi connectivity index (χ1v) is 10.3. The van der Waals surface area contributed by atoms with Crippen LogP contribution >= 0.6 is 11.8 Å². The van der Waals surface area contributed by atoms with Gasteiger partial charge < -0.3 is 15.6 Å². The number of para-hydroxylation sites is 2. The molecule has 0 radical (unpaired) electrons. The molecule has 2 heterocycles. The minimum absolute atomic E-state index is 0.00613. The summed E-state index contributed by atoms with van der Waals surface area (Å²) in [7, 11) is 0. The van der Waals surface area contributed by atoms with Crippen molar-refractivity contribution in [3.05, 3.63) is 59.9 Å². The molecule has 1 fully saturated rings. The van der Waals surface area contributed by atoms with Crippen molar-refractivity contribution in [2.24, 2.45) is 5.73 Å². The smallest absolute Gasteiger partial charge is 0.255 e. The number of aromatic nitrogens is 2. The molecule has 3 aromatic rings. The second-order valence-corrected chi connectivity index (χ2v) is 8.00. The summed E-state index contributed by atoms with van der Waals surface area (Å²) in [6, 6.07) is 15.4. The van der Waals surface area contributed by atoms with Crippen molar-refractivity contribution in [2.45, 2.75) is 23.7 Å². The van der Waals surface area contributed by atoms with E-state index in [1.165, 1.54) is 11.8 Å². The number of hydrogen-bond donors (Lipinski definition) is 2. The van der Waals surface area contributed by atoms with E-state index in [1.54, 1.807) is 0 Å². The maximum atomic E-state index is 13.2. The Morgan fingerprint density at radius 3 is 2.79 bits per heavy atom. The van der Waals surface area contributed by atoms with Crippen LogP contribution in [0.15, 0.2) is 53.4 Å². The average Bonchev–Trinajstić information content (AvgIpc) is 3.16. The molecule has 3 N–H and O–H groups in total. The molecule has 4 rings (SSSR count). The predicted molar refractivity (Wildman–Crippen MR) is 110 cm³/mol. The largest absolute Gasteiger partial charge is 0.369 e. The standard InChI is InChI=1S/C21H22N4O2S/c22-19(26)13-28-18-10-4-1-7-15(18)21(27)25-11-5-6-14(12-25)20-23-16-8-2-3-9-17(16)24-20/h1-4,7-10,14H,5-6,11-13H2,(H2,22,26)(H,23,24). The lowest BCUT2D eigenvalue weighted by atomic mass is 9.96. The molecule has 0 aliphatic carbocycles. The lowest BCUT2D eigenvalue weighted by Crippen LogP contribution is -2.39. The highest BCUT2D eigenvalue weighted by Gasteiger charge is 2.28. The van der Waals surface area contributed by atoms with Gasteiger partial charge in [0, 0.05) is 23.9 Å². The summed E-state index contributed by atoms with van der Waals surface area (Å²) >= 11 is 1.31. The van der Waals surface area contributed by atoms with Crippen molar-refractivity contribution in [2.75, 3.05) is 18.8 Å². The number of carbonyl (C=O) groups excluding carboxylic acids is 2. The number of benzene rings is 2. The molecule has 1 aliphatic heterocycles. The average molecular weight is 395 g/mol. The fourth-order valence-electron chi connectivity index (χ4n) is 3.64. The summed E-state index contributed by atoms with van der Waals surface area (Å²) in [5.74, 6) is 0.889. The normalized spacial score (nSPS) is 17.0. The zero-order valence-electron chi connectivity index (χ0n) is 15.4. The maximum Gasteiger partial charge on any atom is 0.255 e. The Morgan fingerprint density at radius 1 is 1.18 bits per heavy atom. The molecule has 0 saturated carbocycles. The van der Waals surface area contributed by atoms with Crippen LogP contribution in [0.1, 0.15) is 34.9 Å². The van der Waals surface area contributed by atoms with Gasteiger partial charge in [0.1, 0.15) is 5.82 Å². The molecule has 144 valence electrons. The van der Waals surface area contributed by atoms with Gasteiger partial charge in [-0.05, 0) is 37.1 Å². The quantitative estimate of drug-likeness (QED) is 0.650. The highest BCUT2D eigenvalue weighted by atomic mass is 32.2. The van der Waals surface area contributed by atoms with E-state index in [1.807, 2.05) is 53.4 Å². The van der Waals surface area contributed by atoms with Crippen LogP contribution in [0.4, 0.5) is 0 Å². The molecular formula is C21H22N4O2S. The highest BCUT2D eigenvalue weighted by Crippen LogP contribution is 2.29. The Kier molecular flexibility index (Phi) is 5.34. The predicted octanol–water partition coefficient (Wildman–Crippen LogP) is 3.16. The van der Waals surface area contributed by atoms with Gasteiger partial charge in [0.15, 0.2) is 0 Å². The molecule has 0 bridgehead atoms. The second-order valence-electron chi connectivity index (χ2n) is 6.98.